The molecule has 1 aromatic carbocycles. The Morgan fingerprint density at radius 1 is 1.33 bits per heavy atom. The summed E-state index contributed by atoms with van der Waals surface area (Å²) in [6.07, 6.45) is 3.06. The van der Waals surface area contributed by atoms with Crippen molar-refractivity contribution in [3.63, 3.8) is 0 Å². The van der Waals surface area contributed by atoms with Crippen LogP contribution in [0.5, 0.6) is 0 Å². The Hall–Kier alpha value is -1.83. The number of nitriles is 1. The first kappa shape index (κ1) is 14.1. The normalized spacial score (nSPS) is 17.0. The smallest absolute Gasteiger partial charge is 0.256 e. The van der Waals surface area contributed by atoms with E-state index < -0.39 is 0 Å². The number of nitrogens with zero attached hydrogens (tertiary/aromatic N) is 1. The molecule has 0 bridgehead atoms. The zero-order valence-electron chi connectivity index (χ0n) is 12.1. The molecule has 21 heavy (non-hydrogen) atoms. The van der Waals surface area contributed by atoms with Crippen LogP contribution in [-0.2, 0) is 19.5 Å². The van der Waals surface area contributed by atoms with Crippen molar-refractivity contribution >= 4 is 11.8 Å². The van der Waals surface area contributed by atoms with Gasteiger partial charge in [0.15, 0.2) is 5.69 Å². The minimum Gasteiger partial charge on any atom is -0.327 e. The summed E-state index contributed by atoms with van der Waals surface area (Å²) in [7, 11) is 0. The highest BCUT2D eigenvalue weighted by Gasteiger charge is 2.26. The van der Waals surface area contributed by atoms with Crippen LogP contribution in [-0.4, -0.2) is 12.8 Å². The SMILES string of the molecule is CSc1[nH+]c2c(cc1C#N)C[NH+](Cc1ccccc1)CC2. The molecule has 0 aliphatic carbocycles. The third-order valence-corrected chi connectivity index (χ3v) is 4.74. The van der Waals surface area contributed by atoms with E-state index in [-0.39, 0.29) is 0 Å². The molecule has 0 radical (unpaired) electrons. The van der Waals surface area contributed by atoms with E-state index >= 15 is 0 Å². The highest BCUT2D eigenvalue weighted by molar-refractivity contribution is 7.98. The Morgan fingerprint density at radius 3 is 2.86 bits per heavy atom. The van der Waals surface area contributed by atoms with Gasteiger partial charge in [-0.15, -0.1) is 0 Å². The van der Waals surface area contributed by atoms with Crippen LogP contribution < -0.4 is 9.88 Å². The summed E-state index contributed by atoms with van der Waals surface area (Å²) < 4.78 is 0. The molecule has 4 heteroatoms. The van der Waals surface area contributed by atoms with Crippen LogP contribution in [0.25, 0.3) is 0 Å². The lowest BCUT2D eigenvalue weighted by Crippen LogP contribution is -3.10. The average Bonchev–Trinajstić information content (AvgIpc) is 2.54. The number of benzene rings is 1. The van der Waals surface area contributed by atoms with Gasteiger partial charge in [-0.05, 0) is 12.3 Å². The Balaban J connectivity index is 1.81. The van der Waals surface area contributed by atoms with Gasteiger partial charge in [-0.1, -0.05) is 42.1 Å². The zero-order chi connectivity index (χ0) is 14.7. The van der Waals surface area contributed by atoms with Gasteiger partial charge in [0.05, 0.1) is 18.5 Å². The van der Waals surface area contributed by atoms with E-state index in [9.17, 15) is 5.26 Å². The van der Waals surface area contributed by atoms with Crippen molar-refractivity contribution in [3.8, 4) is 6.07 Å². The van der Waals surface area contributed by atoms with Gasteiger partial charge in [0.2, 0.25) is 0 Å². The van der Waals surface area contributed by atoms with Crippen molar-refractivity contribution in [1.82, 2.24) is 0 Å². The quantitative estimate of drug-likeness (QED) is 0.866. The maximum absolute atomic E-state index is 9.26. The number of thioether (sulfide) groups is 1. The molecule has 0 spiro atoms. The Kier molecular flexibility index (Phi) is 4.23. The first-order valence-corrected chi connectivity index (χ1v) is 8.42. The molecule has 0 saturated carbocycles. The lowest BCUT2D eigenvalue weighted by atomic mass is 10.0. The molecule has 1 atom stereocenters. The molecule has 1 aliphatic heterocycles. The lowest BCUT2D eigenvalue weighted by Gasteiger charge is -2.23. The van der Waals surface area contributed by atoms with E-state index in [0.717, 1.165) is 36.6 Å². The van der Waals surface area contributed by atoms with Gasteiger partial charge >= 0.3 is 0 Å². The number of rotatable bonds is 3. The molecule has 2 N–H and O–H groups in total. The molecule has 106 valence electrons. The number of aromatic amines is 1. The molecule has 0 amide bonds. The number of nitrogens with one attached hydrogen (secondary N) is 2. The largest absolute Gasteiger partial charge is 0.327 e. The molecule has 3 nitrogen and oxygen atoms in total. The first-order valence-electron chi connectivity index (χ1n) is 7.20. The fourth-order valence-electron chi connectivity index (χ4n) is 2.93. The number of H-pyrrole nitrogens is 1. The van der Waals surface area contributed by atoms with Gasteiger partial charge in [-0.25, -0.2) is 4.98 Å². The second-order valence-electron chi connectivity index (χ2n) is 5.42. The summed E-state index contributed by atoms with van der Waals surface area (Å²) in [6, 6.07) is 15.0. The van der Waals surface area contributed by atoms with E-state index in [2.05, 4.69) is 47.5 Å². The van der Waals surface area contributed by atoms with E-state index in [1.54, 1.807) is 16.7 Å². The van der Waals surface area contributed by atoms with Gasteiger partial charge in [0.1, 0.15) is 24.7 Å². The van der Waals surface area contributed by atoms with Crippen LogP contribution in [0.1, 0.15) is 22.4 Å². The monoisotopic (exact) mass is 297 g/mol. The number of fused-ring (bicyclic) bond motifs is 1. The maximum Gasteiger partial charge on any atom is 0.256 e. The summed E-state index contributed by atoms with van der Waals surface area (Å²) >= 11 is 1.61. The fraction of sp³-hybridized carbons (Fsp3) is 0.294. The average molecular weight is 297 g/mol. The van der Waals surface area contributed by atoms with Crippen LogP contribution in [0, 0.1) is 11.3 Å². The van der Waals surface area contributed by atoms with Crippen molar-refractivity contribution in [2.24, 2.45) is 0 Å². The van der Waals surface area contributed by atoms with E-state index in [4.69, 9.17) is 0 Å². The number of hydrogen-bond acceptors (Lipinski definition) is 2. The molecular weight excluding hydrogens is 278 g/mol. The van der Waals surface area contributed by atoms with Crippen molar-refractivity contribution in [1.29, 1.82) is 5.26 Å². The first-order chi connectivity index (χ1) is 10.3. The molecule has 3 rings (SSSR count). The molecule has 2 aromatic rings. The van der Waals surface area contributed by atoms with Crippen LogP contribution in [0.4, 0.5) is 0 Å². The van der Waals surface area contributed by atoms with Gasteiger partial charge in [-0.2, -0.15) is 5.26 Å². The Bertz CT molecular complexity index is 676. The van der Waals surface area contributed by atoms with E-state index in [0.29, 0.717) is 0 Å². The van der Waals surface area contributed by atoms with Crippen molar-refractivity contribution in [2.75, 3.05) is 12.8 Å². The van der Waals surface area contributed by atoms with E-state index in [1.165, 1.54) is 16.8 Å². The third-order valence-electron chi connectivity index (χ3n) is 4.01. The number of aromatic nitrogens is 1. The highest BCUT2D eigenvalue weighted by Crippen LogP contribution is 2.18. The highest BCUT2D eigenvalue weighted by atomic mass is 32.2. The summed E-state index contributed by atoms with van der Waals surface area (Å²) in [5.41, 5.74) is 4.74. The topological polar surface area (TPSA) is 42.4 Å². The summed E-state index contributed by atoms with van der Waals surface area (Å²) in [5, 5.41) is 10.3. The minimum atomic E-state index is 0.766. The van der Waals surface area contributed by atoms with Crippen LogP contribution >= 0.6 is 11.8 Å². The van der Waals surface area contributed by atoms with Crippen molar-refractivity contribution < 1.29 is 9.88 Å². The van der Waals surface area contributed by atoms with Crippen molar-refractivity contribution in [3.05, 3.63) is 58.8 Å². The molecule has 2 heterocycles. The standard InChI is InChI=1S/C17H17N3S/c1-21-17-14(10-18)9-15-12-20(8-7-16(15)19-17)11-13-5-3-2-4-6-13/h2-6,9H,7-8,11-12H2,1H3/p+2. The lowest BCUT2D eigenvalue weighted by molar-refractivity contribution is -0.930. The van der Waals surface area contributed by atoms with Crippen LogP contribution in [0.2, 0.25) is 0 Å². The number of pyridine rings is 1. The molecule has 1 aromatic heterocycles. The van der Waals surface area contributed by atoms with Gasteiger partial charge in [-0.3, -0.25) is 0 Å². The predicted octanol–water partition coefficient (Wildman–Crippen LogP) is 1.24. The Morgan fingerprint density at radius 2 is 2.14 bits per heavy atom. The molecule has 0 saturated heterocycles. The number of quaternary nitrogens is 1. The minimum absolute atomic E-state index is 0.766. The third kappa shape index (κ3) is 3.10. The van der Waals surface area contributed by atoms with Gasteiger partial charge in [0, 0.05) is 5.56 Å². The second kappa shape index (κ2) is 6.30. The van der Waals surface area contributed by atoms with Gasteiger partial charge < -0.3 is 4.90 Å². The summed E-state index contributed by atoms with van der Waals surface area (Å²) in [4.78, 5) is 5.00. The second-order valence-corrected chi connectivity index (χ2v) is 6.24. The zero-order valence-corrected chi connectivity index (χ0v) is 13.0. The molecular formula is C17H19N3S+2. The van der Waals surface area contributed by atoms with Gasteiger partial charge in [0.25, 0.3) is 5.03 Å². The van der Waals surface area contributed by atoms with Crippen LogP contribution in [0.15, 0.2) is 41.4 Å². The summed E-state index contributed by atoms with van der Waals surface area (Å²) in [6.45, 7) is 3.18. The molecule has 1 aliphatic rings. The molecule has 0 fully saturated rings. The Labute approximate surface area is 129 Å². The predicted molar refractivity (Wildman–Crippen MR) is 82.9 cm³/mol. The fourth-order valence-corrected chi connectivity index (χ4v) is 3.48. The van der Waals surface area contributed by atoms with Crippen LogP contribution in [0.3, 0.4) is 0 Å². The summed E-state index contributed by atoms with van der Waals surface area (Å²) in [5.74, 6) is 0. The number of hydrogen-bond donors (Lipinski definition) is 1. The van der Waals surface area contributed by atoms with Crippen molar-refractivity contribution in [2.45, 2.75) is 24.5 Å². The molecule has 1 unspecified atom stereocenters. The van der Waals surface area contributed by atoms with E-state index in [1.807, 2.05) is 6.26 Å². The maximum atomic E-state index is 9.26.